The fourth-order valence-corrected chi connectivity index (χ4v) is 4.56. The molecule has 173 valence electrons. The third-order valence-corrected chi connectivity index (χ3v) is 7.31. The lowest BCUT2D eigenvalue weighted by Crippen LogP contribution is -2.49. The number of hydrogen-bond acceptors (Lipinski definition) is 2. The van der Waals surface area contributed by atoms with E-state index in [1.807, 2.05) is 45.9 Å². The van der Waals surface area contributed by atoms with Crippen LogP contribution in [0.3, 0.4) is 0 Å². The van der Waals surface area contributed by atoms with Crippen molar-refractivity contribution in [1.82, 2.24) is 4.57 Å². The Balaban J connectivity index is 1.49. The molecular formula is C30H28BNO3+. The zero-order chi connectivity index (χ0) is 24.4. The van der Waals surface area contributed by atoms with E-state index in [2.05, 4.69) is 71.3 Å². The quantitative estimate of drug-likeness (QED) is 0.226. The summed E-state index contributed by atoms with van der Waals surface area (Å²) in [6, 6.07) is 29.5. The third kappa shape index (κ3) is 3.54. The molecule has 0 saturated heterocycles. The molecule has 0 atom stereocenters. The van der Waals surface area contributed by atoms with Crippen molar-refractivity contribution in [3.63, 3.8) is 0 Å². The van der Waals surface area contributed by atoms with Crippen molar-refractivity contribution >= 4 is 56.7 Å². The summed E-state index contributed by atoms with van der Waals surface area (Å²) in [6.07, 6.45) is 0. The second-order valence-corrected chi connectivity index (χ2v) is 10.3. The minimum atomic E-state index is -0.723. The number of furan rings is 1. The van der Waals surface area contributed by atoms with Gasteiger partial charge in [-0.1, -0.05) is 54.0 Å². The summed E-state index contributed by atoms with van der Waals surface area (Å²) in [6.45, 7) is 7.66. The van der Waals surface area contributed by atoms with Crippen LogP contribution in [-0.2, 0) is 4.65 Å². The van der Waals surface area contributed by atoms with Crippen LogP contribution in [0, 0.1) is 0 Å². The molecule has 6 aromatic rings. The first-order valence-electron chi connectivity index (χ1n) is 11.9. The predicted molar refractivity (Wildman–Crippen MR) is 146 cm³/mol. The largest absolute Gasteiger partial charge is 0.456 e. The summed E-state index contributed by atoms with van der Waals surface area (Å²) in [4.78, 5) is 0. The number of rotatable bonds is 5. The minimum absolute atomic E-state index is 0.612. The van der Waals surface area contributed by atoms with Gasteiger partial charge in [-0.25, -0.2) is 0 Å². The lowest BCUT2D eigenvalue weighted by Gasteiger charge is -2.33. The van der Waals surface area contributed by atoms with Gasteiger partial charge in [0.15, 0.2) is 5.60 Å². The molecule has 0 spiro atoms. The first-order chi connectivity index (χ1) is 16.7. The highest BCUT2D eigenvalue weighted by atomic mass is 16.5. The summed E-state index contributed by atoms with van der Waals surface area (Å²) in [5.74, 6) is 0. The SMILES string of the molecule is CC(C)([OH2+])C(C)(C)O[B]c1ccc2c(c1)c1ccccc1n2-c1ccc2oc3ccccc3c2c1. The molecule has 2 heterocycles. The average Bonchev–Trinajstić information content (AvgIpc) is 3.37. The van der Waals surface area contributed by atoms with Gasteiger partial charge in [0, 0.05) is 41.1 Å². The van der Waals surface area contributed by atoms with Crippen LogP contribution in [0.4, 0.5) is 0 Å². The number of hydrogen-bond donors (Lipinski definition) is 0. The van der Waals surface area contributed by atoms with Gasteiger partial charge in [0.2, 0.25) is 0 Å². The minimum Gasteiger partial charge on any atom is -0.456 e. The molecular weight excluding hydrogens is 433 g/mol. The van der Waals surface area contributed by atoms with E-state index >= 15 is 0 Å². The van der Waals surface area contributed by atoms with Crippen LogP contribution in [-0.4, -0.2) is 28.4 Å². The summed E-state index contributed by atoms with van der Waals surface area (Å²) < 4.78 is 14.4. The van der Waals surface area contributed by atoms with Gasteiger partial charge in [-0.15, -0.1) is 0 Å². The van der Waals surface area contributed by atoms with Crippen molar-refractivity contribution in [3.05, 3.63) is 84.9 Å². The molecule has 0 amide bonds. The zero-order valence-electron chi connectivity index (χ0n) is 20.4. The van der Waals surface area contributed by atoms with Crippen molar-refractivity contribution in [2.24, 2.45) is 0 Å². The lowest BCUT2D eigenvalue weighted by atomic mass is 9.82. The summed E-state index contributed by atoms with van der Waals surface area (Å²) in [5, 5.41) is 13.0. The molecule has 0 bridgehead atoms. The maximum atomic E-state index is 8.38. The third-order valence-electron chi connectivity index (χ3n) is 7.31. The second-order valence-electron chi connectivity index (χ2n) is 10.3. The molecule has 0 aliphatic rings. The summed E-state index contributed by atoms with van der Waals surface area (Å²) in [5.41, 5.74) is 4.83. The van der Waals surface area contributed by atoms with Crippen LogP contribution >= 0.6 is 0 Å². The highest BCUT2D eigenvalue weighted by molar-refractivity contribution is 6.47. The lowest BCUT2D eigenvalue weighted by molar-refractivity contribution is -0.0893. The maximum Gasteiger partial charge on any atom is 0.331 e. The average molecular weight is 461 g/mol. The van der Waals surface area contributed by atoms with E-state index in [4.69, 9.17) is 14.2 Å². The Hall–Kier alpha value is -3.54. The molecule has 4 aromatic carbocycles. The van der Waals surface area contributed by atoms with Gasteiger partial charge in [0.05, 0.1) is 11.0 Å². The van der Waals surface area contributed by atoms with Gasteiger partial charge < -0.3 is 18.7 Å². The molecule has 2 N–H and O–H groups in total. The highest BCUT2D eigenvalue weighted by Crippen LogP contribution is 2.35. The van der Waals surface area contributed by atoms with Gasteiger partial charge >= 0.3 is 7.48 Å². The van der Waals surface area contributed by atoms with E-state index in [0.717, 1.165) is 49.5 Å². The molecule has 35 heavy (non-hydrogen) atoms. The van der Waals surface area contributed by atoms with Crippen molar-refractivity contribution in [3.8, 4) is 5.69 Å². The molecule has 0 aliphatic carbocycles. The molecule has 0 unspecified atom stereocenters. The molecule has 0 saturated carbocycles. The molecule has 5 heteroatoms. The van der Waals surface area contributed by atoms with Crippen LogP contribution in [0.25, 0.3) is 49.4 Å². The van der Waals surface area contributed by atoms with Crippen molar-refractivity contribution in [1.29, 1.82) is 0 Å². The standard InChI is InChI=1S/C30H27BNO3/c1-29(2,33)30(3,4)35-31-19-13-15-26-23(17-19)21-9-5-7-11-25(21)32(26)20-14-16-28-24(18-20)22-10-6-8-12-27(22)34-28/h5-18,33H,1-4H3/p+1. The van der Waals surface area contributed by atoms with Crippen LogP contribution in [0.15, 0.2) is 89.3 Å². The van der Waals surface area contributed by atoms with E-state index in [-0.39, 0.29) is 0 Å². The van der Waals surface area contributed by atoms with Crippen molar-refractivity contribution in [2.45, 2.75) is 38.9 Å². The van der Waals surface area contributed by atoms with Gasteiger partial charge in [-0.3, -0.25) is 0 Å². The smallest absolute Gasteiger partial charge is 0.331 e. The van der Waals surface area contributed by atoms with Crippen LogP contribution < -0.4 is 5.46 Å². The van der Waals surface area contributed by atoms with Crippen LogP contribution in [0.5, 0.6) is 0 Å². The monoisotopic (exact) mass is 461 g/mol. The molecule has 4 nitrogen and oxygen atoms in total. The Bertz CT molecular complexity index is 1720. The zero-order valence-corrected chi connectivity index (χ0v) is 20.4. The molecule has 1 radical (unpaired) electrons. The van der Waals surface area contributed by atoms with Crippen LogP contribution in [0.2, 0.25) is 0 Å². The molecule has 2 aromatic heterocycles. The predicted octanol–water partition coefficient (Wildman–Crippen LogP) is 6.23. The first kappa shape index (κ1) is 22.0. The second kappa shape index (κ2) is 7.74. The fraction of sp³-hybridized carbons (Fsp3) is 0.200. The van der Waals surface area contributed by atoms with E-state index in [1.54, 1.807) is 7.48 Å². The van der Waals surface area contributed by atoms with Gasteiger partial charge in [-0.2, -0.15) is 0 Å². The first-order valence-corrected chi connectivity index (χ1v) is 11.9. The summed E-state index contributed by atoms with van der Waals surface area (Å²) >= 11 is 0. The molecule has 0 aliphatic heterocycles. The molecule has 0 fully saturated rings. The van der Waals surface area contributed by atoms with Crippen molar-refractivity contribution in [2.75, 3.05) is 0 Å². The Morgan fingerprint density at radius 2 is 1.40 bits per heavy atom. The van der Waals surface area contributed by atoms with E-state index < -0.39 is 11.2 Å². The van der Waals surface area contributed by atoms with E-state index in [0.29, 0.717) is 0 Å². The maximum absolute atomic E-state index is 8.38. The van der Waals surface area contributed by atoms with E-state index in [1.165, 1.54) is 5.39 Å². The summed E-state index contributed by atoms with van der Waals surface area (Å²) in [7, 11) is 1.78. The van der Waals surface area contributed by atoms with Gasteiger partial charge in [0.1, 0.15) is 16.8 Å². The highest BCUT2D eigenvalue weighted by Gasteiger charge is 2.40. The number of fused-ring (bicyclic) bond motifs is 6. The number of para-hydroxylation sites is 2. The van der Waals surface area contributed by atoms with Gasteiger partial charge in [-0.05, 0) is 50.2 Å². The Labute approximate surface area is 205 Å². The fourth-order valence-electron chi connectivity index (χ4n) is 4.56. The van der Waals surface area contributed by atoms with Crippen LogP contribution in [0.1, 0.15) is 27.7 Å². The van der Waals surface area contributed by atoms with Gasteiger partial charge in [0.25, 0.3) is 0 Å². The van der Waals surface area contributed by atoms with E-state index in [9.17, 15) is 0 Å². The van der Waals surface area contributed by atoms with Crippen molar-refractivity contribution < 1.29 is 14.2 Å². The number of aromatic nitrogens is 1. The Morgan fingerprint density at radius 1 is 0.714 bits per heavy atom. The normalized spacial score (nSPS) is 12.8. The Kier molecular flexibility index (Phi) is 4.86. The topological polar surface area (TPSA) is 50.2 Å². The number of nitrogens with zero attached hydrogens (tertiary/aromatic N) is 1. The molecule has 6 rings (SSSR count). The Morgan fingerprint density at radius 3 is 2.20 bits per heavy atom. The number of benzene rings is 4.